The van der Waals surface area contributed by atoms with Gasteiger partial charge in [0.15, 0.2) is 5.78 Å². The van der Waals surface area contributed by atoms with Gasteiger partial charge in [0.2, 0.25) is 0 Å². The summed E-state index contributed by atoms with van der Waals surface area (Å²) < 4.78 is 0. The molecule has 1 rings (SSSR count). The molecule has 1 aromatic carbocycles. The number of allylic oxidation sites excluding steroid dienone is 4. The van der Waals surface area contributed by atoms with Crippen LogP contribution in [0, 0.1) is 13.8 Å². The van der Waals surface area contributed by atoms with Crippen LogP contribution in [0.25, 0.3) is 5.57 Å². The molecule has 0 saturated heterocycles. The zero-order valence-corrected chi connectivity index (χ0v) is 16.0. The second-order valence-corrected chi connectivity index (χ2v) is 6.55. The summed E-state index contributed by atoms with van der Waals surface area (Å²) in [5.41, 5.74) is 8.54. The molecule has 0 unspecified atom stereocenters. The maximum atomic E-state index is 11.7. The van der Waals surface area contributed by atoms with Gasteiger partial charge >= 0.3 is 0 Å². The Hall–Kier alpha value is -1.63. The Morgan fingerprint density at radius 2 is 1.57 bits per heavy atom. The highest BCUT2D eigenvalue weighted by Crippen LogP contribution is 2.29. The number of carbonyl (C=O) groups is 1. The number of Topliss-reactive ketones (excluding diaryl/α,β-unsaturated/α-hetero) is 1. The minimum Gasteiger partial charge on any atom is -0.295 e. The Morgan fingerprint density at radius 1 is 1.00 bits per heavy atom. The molecule has 0 amide bonds. The second-order valence-electron chi connectivity index (χ2n) is 6.55. The van der Waals surface area contributed by atoms with Crippen LogP contribution in [0.15, 0.2) is 29.4 Å². The predicted octanol–water partition coefficient (Wildman–Crippen LogP) is 6.36. The lowest BCUT2D eigenvalue weighted by atomic mass is 9.88. The van der Waals surface area contributed by atoms with E-state index in [-0.39, 0.29) is 5.78 Å². The van der Waals surface area contributed by atoms with E-state index in [4.69, 9.17) is 0 Å². The van der Waals surface area contributed by atoms with Crippen LogP contribution in [0.4, 0.5) is 0 Å². The topological polar surface area (TPSA) is 17.1 Å². The molecule has 0 bridgehead atoms. The van der Waals surface area contributed by atoms with Gasteiger partial charge in [-0.3, -0.25) is 4.79 Å². The molecule has 0 atom stereocenters. The molecule has 0 aliphatic heterocycles. The highest BCUT2D eigenvalue weighted by atomic mass is 16.1. The first kappa shape index (κ1) is 19.4. The first-order chi connectivity index (χ1) is 10.8. The number of aryl methyl sites for hydroxylation is 2. The number of hydrogen-bond donors (Lipinski definition) is 0. The van der Waals surface area contributed by atoms with Gasteiger partial charge in [-0.25, -0.2) is 0 Å². The highest BCUT2D eigenvalue weighted by Gasteiger charge is 2.12. The first-order valence-corrected chi connectivity index (χ1v) is 8.79. The van der Waals surface area contributed by atoms with E-state index in [1.54, 1.807) is 6.92 Å². The fourth-order valence-electron chi connectivity index (χ4n) is 3.16. The Bertz CT molecular complexity index is 606. The van der Waals surface area contributed by atoms with Gasteiger partial charge in [0.25, 0.3) is 0 Å². The lowest BCUT2D eigenvalue weighted by Crippen LogP contribution is -2.01. The SMILES string of the molecule is C/C=C(\C(C)=C(\C)C(C)=O)c1cc(C)c(CCCCC)c(C)c1. The van der Waals surface area contributed by atoms with Crippen molar-refractivity contribution in [2.75, 3.05) is 0 Å². The molecule has 0 radical (unpaired) electrons. The Labute approximate surface area is 142 Å². The number of ketones is 1. The second kappa shape index (κ2) is 8.86. The standard InChI is InChI=1S/C22H32O/c1-8-10-11-12-22-15(3)13-20(14-16(22)4)21(9-2)18(6)17(5)19(7)23/h9,13-14H,8,10-12H2,1-7H3/b18-17-,21-9+. The summed E-state index contributed by atoms with van der Waals surface area (Å²) in [6.07, 6.45) is 7.09. The van der Waals surface area contributed by atoms with Gasteiger partial charge in [-0.2, -0.15) is 0 Å². The average molecular weight is 312 g/mol. The molecule has 0 aliphatic carbocycles. The maximum Gasteiger partial charge on any atom is 0.155 e. The number of hydrogen-bond acceptors (Lipinski definition) is 1. The smallest absolute Gasteiger partial charge is 0.155 e. The van der Waals surface area contributed by atoms with Gasteiger partial charge < -0.3 is 0 Å². The third-order valence-electron chi connectivity index (χ3n) is 4.82. The average Bonchev–Trinajstić information content (AvgIpc) is 2.49. The van der Waals surface area contributed by atoms with Crippen molar-refractivity contribution in [1.29, 1.82) is 0 Å². The fourth-order valence-corrected chi connectivity index (χ4v) is 3.16. The van der Waals surface area contributed by atoms with Crippen molar-refractivity contribution >= 4 is 11.4 Å². The third-order valence-corrected chi connectivity index (χ3v) is 4.82. The van der Waals surface area contributed by atoms with E-state index in [1.807, 2.05) is 20.8 Å². The van der Waals surface area contributed by atoms with Crippen LogP contribution in [0.2, 0.25) is 0 Å². The fraction of sp³-hybridized carbons (Fsp3) is 0.500. The first-order valence-electron chi connectivity index (χ1n) is 8.79. The predicted molar refractivity (Wildman–Crippen MR) is 102 cm³/mol. The largest absolute Gasteiger partial charge is 0.295 e. The molecule has 1 heteroatoms. The molecule has 0 fully saturated rings. The van der Waals surface area contributed by atoms with E-state index in [0.29, 0.717) is 0 Å². The Balaban J connectivity index is 3.24. The van der Waals surface area contributed by atoms with Crippen LogP contribution in [0.3, 0.4) is 0 Å². The van der Waals surface area contributed by atoms with Gasteiger partial charge in [0.1, 0.15) is 0 Å². The maximum absolute atomic E-state index is 11.7. The van der Waals surface area contributed by atoms with Crippen LogP contribution >= 0.6 is 0 Å². The number of benzene rings is 1. The summed E-state index contributed by atoms with van der Waals surface area (Å²) >= 11 is 0. The summed E-state index contributed by atoms with van der Waals surface area (Å²) in [7, 11) is 0. The van der Waals surface area contributed by atoms with E-state index in [1.165, 1.54) is 47.1 Å². The quantitative estimate of drug-likeness (QED) is 0.325. The van der Waals surface area contributed by atoms with E-state index in [0.717, 1.165) is 17.6 Å². The molecule has 0 spiro atoms. The van der Waals surface area contributed by atoms with Crippen molar-refractivity contribution in [3.8, 4) is 0 Å². The van der Waals surface area contributed by atoms with Gasteiger partial charge in [0, 0.05) is 0 Å². The number of carbonyl (C=O) groups excluding carboxylic acids is 1. The van der Waals surface area contributed by atoms with Crippen LogP contribution < -0.4 is 0 Å². The molecule has 1 aromatic rings. The monoisotopic (exact) mass is 312 g/mol. The van der Waals surface area contributed by atoms with E-state index in [2.05, 4.69) is 39.0 Å². The van der Waals surface area contributed by atoms with Crippen molar-refractivity contribution in [3.05, 3.63) is 51.6 Å². The molecule has 0 aromatic heterocycles. The van der Waals surface area contributed by atoms with Gasteiger partial charge in [-0.1, -0.05) is 38.0 Å². The number of rotatable bonds is 7. The van der Waals surface area contributed by atoms with E-state index in [9.17, 15) is 4.79 Å². The van der Waals surface area contributed by atoms with E-state index < -0.39 is 0 Å². The van der Waals surface area contributed by atoms with Crippen molar-refractivity contribution in [2.45, 2.75) is 74.1 Å². The molecule has 23 heavy (non-hydrogen) atoms. The van der Waals surface area contributed by atoms with Crippen LogP contribution in [0.5, 0.6) is 0 Å². The van der Waals surface area contributed by atoms with Crippen molar-refractivity contribution in [1.82, 2.24) is 0 Å². The summed E-state index contributed by atoms with van der Waals surface area (Å²) in [4.78, 5) is 11.7. The highest BCUT2D eigenvalue weighted by molar-refractivity contribution is 5.98. The third kappa shape index (κ3) is 4.92. The Morgan fingerprint density at radius 3 is 2.00 bits per heavy atom. The summed E-state index contributed by atoms with van der Waals surface area (Å²) in [5, 5.41) is 0. The van der Waals surface area contributed by atoms with Crippen molar-refractivity contribution in [3.63, 3.8) is 0 Å². The zero-order valence-electron chi connectivity index (χ0n) is 16.0. The number of unbranched alkanes of at least 4 members (excludes halogenated alkanes) is 2. The van der Waals surface area contributed by atoms with Crippen LogP contribution in [-0.4, -0.2) is 5.78 Å². The van der Waals surface area contributed by atoms with Gasteiger partial charge in [0.05, 0.1) is 0 Å². The summed E-state index contributed by atoms with van der Waals surface area (Å²) in [6.45, 7) is 14.3. The van der Waals surface area contributed by atoms with E-state index >= 15 is 0 Å². The van der Waals surface area contributed by atoms with Gasteiger partial charge in [-0.15, -0.1) is 0 Å². The molecule has 0 aliphatic rings. The van der Waals surface area contributed by atoms with Crippen molar-refractivity contribution < 1.29 is 4.79 Å². The minimum atomic E-state index is 0.145. The normalized spacial score (nSPS) is 13.1. The molecular weight excluding hydrogens is 280 g/mol. The molecular formula is C22H32O. The minimum absolute atomic E-state index is 0.145. The summed E-state index contributed by atoms with van der Waals surface area (Å²) in [5.74, 6) is 0.145. The molecule has 0 saturated carbocycles. The zero-order chi connectivity index (χ0) is 17.6. The van der Waals surface area contributed by atoms with Crippen molar-refractivity contribution in [2.24, 2.45) is 0 Å². The molecule has 126 valence electrons. The summed E-state index contributed by atoms with van der Waals surface area (Å²) in [6, 6.07) is 4.56. The Kier molecular flexibility index (Phi) is 7.48. The van der Waals surface area contributed by atoms with Gasteiger partial charge in [-0.05, 0) is 93.4 Å². The molecule has 1 nitrogen and oxygen atoms in total. The van der Waals surface area contributed by atoms with Crippen LogP contribution in [-0.2, 0) is 11.2 Å². The molecule has 0 N–H and O–H groups in total. The van der Waals surface area contributed by atoms with Crippen LogP contribution in [0.1, 0.15) is 76.1 Å². The lowest BCUT2D eigenvalue weighted by Gasteiger charge is -2.16. The molecule has 0 heterocycles. The lowest BCUT2D eigenvalue weighted by molar-refractivity contribution is -0.113.